The Morgan fingerprint density at radius 1 is 1.24 bits per heavy atom. The van der Waals surface area contributed by atoms with Crippen LogP contribution in [0.2, 0.25) is 0 Å². The van der Waals surface area contributed by atoms with E-state index >= 15 is 0 Å². The number of nitro groups is 1. The van der Waals surface area contributed by atoms with Gasteiger partial charge in [0.15, 0.2) is 17.6 Å². The molecule has 0 aromatic heterocycles. The highest BCUT2D eigenvalue weighted by Crippen LogP contribution is 2.35. The van der Waals surface area contributed by atoms with Crippen LogP contribution < -0.4 is 14.8 Å². The Morgan fingerprint density at radius 2 is 1.88 bits per heavy atom. The van der Waals surface area contributed by atoms with Crippen LogP contribution in [0.4, 0.5) is 5.69 Å². The number of benzene rings is 1. The van der Waals surface area contributed by atoms with Gasteiger partial charge in [0, 0.05) is 12.1 Å². The maximum absolute atomic E-state index is 12.3. The topological polar surface area (TPSA) is 117 Å². The zero-order valence-corrected chi connectivity index (χ0v) is 14.8. The van der Waals surface area contributed by atoms with Gasteiger partial charge in [0.1, 0.15) is 5.56 Å². The summed E-state index contributed by atoms with van der Waals surface area (Å²) in [7, 11) is 1.33. The van der Waals surface area contributed by atoms with Crippen molar-refractivity contribution in [3.63, 3.8) is 0 Å². The van der Waals surface area contributed by atoms with Gasteiger partial charge in [0.2, 0.25) is 0 Å². The molecule has 1 aromatic carbocycles. The second-order valence-electron chi connectivity index (χ2n) is 5.42. The normalized spacial score (nSPS) is 11.6. The summed E-state index contributed by atoms with van der Waals surface area (Å²) in [4.78, 5) is 34.7. The van der Waals surface area contributed by atoms with Gasteiger partial charge in [-0.05, 0) is 27.7 Å². The first-order chi connectivity index (χ1) is 11.7. The molecule has 1 atom stereocenters. The van der Waals surface area contributed by atoms with Gasteiger partial charge in [-0.3, -0.25) is 14.9 Å². The summed E-state index contributed by atoms with van der Waals surface area (Å²) in [6, 6.07) is 2.13. The molecule has 1 rings (SSSR count). The molecule has 9 heteroatoms. The van der Waals surface area contributed by atoms with Crippen molar-refractivity contribution in [3.05, 3.63) is 27.8 Å². The minimum absolute atomic E-state index is 0.121. The molecule has 0 aliphatic carbocycles. The lowest BCUT2D eigenvalue weighted by Gasteiger charge is -2.16. The minimum Gasteiger partial charge on any atom is -0.493 e. The fourth-order valence-corrected chi connectivity index (χ4v) is 1.97. The highest BCUT2D eigenvalue weighted by Gasteiger charge is 2.28. The van der Waals surface area contributed by atoms with E-state index in [1.54, 1.807) is 20.8 Å². The van der Waals surface area contributed by atoms with Crippen molar-refractivity contribution < 1.29 is 28.7 Å². The number of nitrogens with zero attached hydrogens (tertiary/aromatic N) is 1. The number of carbonyl (C=O) groups excluding carboxylic acids is 2. The lowest BCUT2D eigenvalue weighted by Crippen LogP contribution is -2.39. The lowest BCUT2D eigenvalue weighted by atomic mass is 10.1. The smallest absolute Gasteiger partial charge is 0.346 e. The Balaban J connectivity index is 3.16. The lowest BCUT2D eigenvalue weighted by molar-refractivity contribution is -0.385. The molecule has 1 amide bonds. The molecule has 1 N–H and O–H groups in total. The van der Waals surface area contributed by atoms with Gasteiger partial charge in [-0.15, -0.1) is 0 Å². The Morgan fingerprint density at radius 3 is 2.36 bits per heavy atom. The highest BCUT2D eigenvalue weighted by molar-refractivity contribution is 5.96. The number of hydrogen-bond donors (Lipinski definition) is 1. The molecule has 0 bridgehead atoms. The van der Waals surface area contributed by atoms with Gasteiger partial charge >= 0.3 is 5.97 Å². The maximum atomic E-state index is 12.3. The number of esters is 1. The average molecular weight is 354 g/mol. The van der Waals surface area contributed by atoms with E-state index in [4.69, 9.17) is 14.2 Å². The van der Waals surface area contributed by atoms with Crippen molar-refractivity contribution in [1.82, 2.24) is 5.32 Å². The van der Waals surface area contributed by atoms with Crippen molar-refractivity contribution in [2.24, 2.45) is 0 Å². The highest BCUT2D eigenvalue weighted by atomic mass is 16.6. The summed E-state index contributed by atoms with van der Waals surface area (Å²) >= 11 is 0. The first-order valence-electron chi connectivity index (χ1n) is 7.71. The van der Waals surface area contributed by atoms with E-state index in [0.717, 1.165) is 6.07 Å². The molecule has 138 valence electrons. The Hall–Kier alpha value is -2.84. The van der Waals surface area contributed by atoms with Gasteiger partial charge in [0.05, 0.1) is 24.7 Å². The van der Waals surface area contributed by atoms with Crippen LogP contribution in [-0.4, -0.2) is 42.7 Å². The molecule has 0 saturated carbocycles. The van der Waals surface area contributed by atoms with E-state index in [1.165, 1.54) is 20.1 Å². The van der Waals surface area contributed by atoms with E-state index in [1.807, 2.05) is 0 Å². The number of amides is 1. The quantitative estimate of drug-likeness (QED) is 0.431. The van der Waals surface area contributed by atoms with E-state index in [9.17, 15) is 19.7 Å². The number of nitrogens with one attached hydrogen (secondary N) is 1. The number of methoxy groups -OCH3 is 1. The summed E-state index contributed by atoms with van der Waals surface area (Å²) < 4.78 is 15.4. The third-order valence-corrected chi connectivity index (χ3v) is 3.08. The molecule has 0 unspecified atom stereocenters. The minimum atomic E-state index is -1.10. The van der Waals surface area contributed by atoms with Crippen LogP contribution in [0.25, 0.3) is 0 Å². The fourth-order valence-electron chi connectivity index (χ4n) is 1.97. The first-order valence-corrected chi connectivity index (χ1v) is 7.71. The molecule has 0 fully saturated rings. The van der Waals surface area contributed by atoms with Crippen LogP contribution in [0.3, 0.4) is 0 Å². The monoisotopic (exact) mass is 354 g/mol. The molecule has 0 aliphatic heterocycles. The maximum Gasteiger partial charge on any atom is 0.346 e. The fraction of sp³-hybridized carbons (Fsp3) is 0.500. The zero-order chi connectivity index (χ0) is 19.1. The van der Waals surface area contributed by atoms with E-state index in [2.05, 4.69) is 5.32 Å². The van der Waals surface area contributed by atoms with Crippen LogP contribution in [0.15, 0.2) is 12.1 Å². The van der Waals surface area contributed by atoms with Crippen LogP contribution in [-0.2, 0) is 9.53 Å². The summed E-state index contributed by atoms with van der Waals surface area (Å²) in [5.74, 6) is -1.20. The van der Waals surface area contributed by atoms with E-state index in [0.29, 0.717) is 0 Å². The predicted molar refractivity (Wildman–Crippen MR) is 89.0 cm³/mol. The number of ether oxygens (including phenoxy) is 3. The third-order valence-electron chi connectivity index (χ3n) is 3.08. The van der Waals surface area contributed by atoms with Crippen molar-refractivity contribution in [2.45, 2.75) is 39.8 Å². The Labute approximate surface area is 145 Å². The second kappa shape index (κ2) is 8.86. The molecule has 0 radical (unpaired) electrons. The standard InChI is InChI=1S/C16H22N2O7/c1-6-24-14-7-11(12(18(21)22)8-13(14)23-5)16(20)25-10(4)15(19)17-9(2)3/h7-10H,6H2,1-5H3,(H,17,19)/t10-/m1/s1. The second-order valence-corrected chi connectivity index (χ2v) is 5.42. The number of hydrogen-bond acceptors (Lipinski definition) is 7. The summed E-state index contributed by atoms with van der Waals surface area (Å²) in [5.41, 5.74) is -0.819. The summed E-state index contributed by atoms with van der Waals surface area (Å²) in [6.45, 7) is 6.89. The first kappa shape index (κ1) is 20.2. The SMILES string of the molecule is CCOc1cc(C(=O)O[C@H](C)C(=O)NC(C)C)c([N+](=O)[O-])cc1OC. The Kier molecular flexibility index (Phi) is 7.16. The molecule has 25 heavy (non-hydrogen) atoms. The molecule has 0 aliphatic rings. The Bertz CT molecular complexity index is 658. The van der Waals surface area contributed by atoms with Crippen LogP contribution in [0, 0.1) is 10.1 Å². The van der Waals surface area contributed by atoms with Crippen molar-refractivity contribution in [1.29, 1.82) is 0 Å². The molecule has 0 heterocycles. The molecular weight excluding hydrogens is 332 g/mol. The number of rotatable bonds is 8. The largest absolute Gasteiger partial charge is 0.493 e. The van der Waals surface area contributed by atoms with Gasteiger partial charge in [-0.25, -0.2) is 4.79 Å². The molecular formula is C16H22N2O7. The van der Waals surface area contributed by atoms with Gasteiger partial charge < -0.3 is 19.5 Å². The molecule has 1 aromatic rings. The van der Waals surface area contributed by atoms with Crippen LogP contribution in [0.5, 0.6) is 11.5 Å². The number of carbonyl (C=O) groups is 2. The average Bonchev–Trinajstić information content (AvgIpc) is 2.53. The zero-order valence-electron chi connectivity index (χ0n) is 14.8. The van der Waals surface area contributed by atoms with Crippen molar-refractivity contribution in [2.75, 3.05) is 13.7 Å². The van der Waals surface area contributed by atoms with Gasteiger partial charge in [-0.2, -0.15) is 0 Å². The van der Waals surface area contributed by atoms with E-state index in [-0.39, 0.29) is 29.7 Å². The third kappa shape index (κ3) is 5.33. The predicted octanol–water partition coefficient (Wildman–Crippen LogP) is 2.07. The van der Waals surface area contributed by atoms with Gasteiger partial charge in [-0.1, -0.05) is 0 Å². The van der Waals surface area contributed by atoms with Crippen LogP contribution >= 0.6 is 0 Å². The van der Waals surface area contributed by atoms with E-state index < -0.39 is 28.6 Å². The summed E-state index contributed by atoms with van der Waals surface area (Å²) in [6.07, 6.45) is -1.10. The molecule has 0 saturated heterocycles. The number of nitro benzene ring substituents is 1. The molecule has 9 nitrogen and oxygen atoms in total. The van der Waals surface area contributed by atoms with Gasteiger partial charge in [0.25, 0.3) is 11.6 Å². The summed E-state index contributed by atoms with van der Waals surface area (Å²) in [5, 5.41) is 13.8. The molecule has 0 spiro atoms. The van der Waals surface area contributed by atoms with Crippen LogP contribution in [0.1, 0.15) is 38.1 Å². The van der Waals surface area contributed by atoms with Crippen molar-refractivity contribution >= 4 is 17.6 Å². The van der Waals surface area contributed by atoms with Crippen molar-refractivity contribution in [3.8, 4) is 11.5 Å².